The van der Waals surface area contributed by atoms with Gasteiger partial charge in [-0.1, -0.05) is 0 Å². The van der Waals surface area contributed by atoms with Crippen molar-refractivity contribution in [2.24, 2.45) is 0 Å². The van der Waals surface area contributed by atoms with Crippen LogP contribution in [-0.2, 0) is 32.7 Å². The quantitative estimate of drug-likeness (QED) is 0.230. The Balaban J connectivity index is 2.96. The zero-order chi connectivity index (χ0) is 15.9. The van der Waals surface area contributed by atoms with Crippen LogP contribution >= 0.6 is 13.4 Å². The Kier molecular flexibility index (Phi) is 6.22. The Labute approximate surface area is 123 Å². The van der Waals surface area contributed by atoms with Crippen molar-refractivity contribution in [1.29, 1.82) is 0 Å². The highest BCUT2D eigenvalue weighted by atomic mass is 32.5. The van der Waals surface area contributed by atoms with Crippen LogP contribution in [0.5, 0.6) is 0 Å². The molecule has 0 amide bonds. The first-order valence-electron chi connectivity index (χ1n) is 5.03. The van der Waals surface area contributed by atoms with E-state index in [1.165, 1.54) is 0 Å². The minimum atomic E-state index is -4.28. The van der Waals surface area contributed by atoms with Crippen molar-refractivity contribution in [3.8, 4) is 0 Å². The molecule has 0 bridgehead atoms. The summed E-state index contributed by atoms with van der Waals surface area (Å²) >= 11 is 8.32. The van der Waals surface area contributed by atoms with Gasteiger partial charge in [-0.15, -0.1) is 0 Å². The molecule has 1 aliphatic carbocycles. The Bertz CT molecular complexity index is 379. The summed E-state index contributed by atoms with van der Waals surface area (Å²) in [6, 6.07) is 0. The summed E-state index contributed by atoms with van der Waals surface area (Å²) in [6.07, 6.45) is -11.4. The van der Waals surface area contributed by atoms with Crippen molar-refractivity contribution in [2.75, 3.05) is 0 Å². The molecule has 14 heteroatoms. The SMILES string of the molecule is O[C@@H]1[C@H](O)[C@H](OP(O)(O)=S)[C@@H](O)[C@H](O)[C@H]1OP(O)(O)=S. The van der Waals surface area contributed by atoms with Crippen LogP contribution in [0.15, 0.2) is 0 Å². The topological polar surface area (TPSA) is 180 Å². The maximum atomic E-state index is 9.69. The number of hydrogen-bond donors (Lipinski definition) is 8. The lowest BCUT2D eigenvalue weighted by molar-refractivity contribution is -0.213. The molecule has 20 heavy (non-hydrogen) atoms. The van der Waals surface area contributed by atoms with Crippen LogP contribution in [0.2, 0.25) is 0 Å². The van der Waals surface area contributed by atoms with E-state index in [0.29, 0.717) is 0 Å². The average Bonchev–Trinajstić information content (AvgIpc) is 2.25. The highest BCUT2D eigenvalue weighted by molar-refractivity contribution is 8.07. The van der Waals surface area contributed by atoms with Crippen molar-refractivity contribution in [2.45, 2.75) is 36.6 Å². The number of hydrogen-bond acceptors (Lipinski definition) is 8. The molecule has 0 saturated heterocycles. The fourth-order valence-electron chi connectivity index (χ4n) is 1.75. The molecule has 120 valence electrons. The Morgan fingerprint density at radius 2 is 0.800 bits per heavy atom. The fraction of sp³-hybridized carbons (Fsp3) is 1.00. The molecule has 0 aromatic carbocycles. The van der Waals surface area contributed by atoms with Crippen molar-refractivity contribution in [1.82, 2.24) is 0 Å². The summed E-state index contributed by atoms with van der Waals surface area (Å²) in [7, 11) is 0. The minimum Gasteiger partial charge on any atom is -0.387 e. The molecule has 6 atom stereocenters. The molecule has 1 fully saturated rings. The highest BCUT2D eigenvalue weighted by Gasteiger charge is 2.52. The van der Waals surface area contributed by atoms with E-state index in [9.17, 15) is 20.4 Å². The zero-order valence-corrected chi connectivity index (χ0v) is 13.0. The van der Waals surface area contributed by atoms with Crippen molar-refractivity contribution >= 4 is 37.1 Å². The van der Waals surface area contributed by atoms with Gasteiger partial charge in [-0.3, -0.25) is 9.05 Å². The Morgan fingerprint density at radius 3 is 0.950 bits per heavy atom. The molecule has 1 rings (SSSR count). The summed E-state index contributed by atoms with van der Waals surface area (Å²) in [4.78, 5) is 35.9. The summed E-state index contributed by atoms with van der Waals surface area (Å²) in [5, 5.41) is 38.8. The van der Waals surface area contributed by atoms with Gasteiger partial charge in [0.05, 0.1) is 0 Å². The monoisotopic (exact) mass is 372 g/mol. The van der Waals surface area contributed by atoms with Gasteiger partial charge in [0.15, 0.2) is 0 Å². The predicted molar refractivity (Wildman–Crippen MR) is 71.2 cm³/mol. The third-order valence-electron chi connectivity index (χ3n) is 2.56. The van der Waals surface area contributed by atoms with Crippen LogP contribution in [0, 0.1) is 0 Å². The first kappa shape index (κ1) is 18.9. The van der Waals surface area contributed by atoms with E-state index in [2.05, 4.69) is 32.7 Å². The Hall–Kier alpha value is 0.900. The molecule has 1 aliphatic rings. The number of aliphatic hydroxyl groups is 4. The minimum absolute atomic E-state index is 1.81. The van der Waals surface area contributed by atoms with E-state index >= 15 is 0 Å². The molecule has 1 saturated carbocycles. The third kappa shape index (κ3) is 4.97. The van der Waals surface area contributed by atoms with Gasteiger partial charge in [0.2, 0.25) is 0 Å². The molecule has 0 heterocycles. The second kappa shape index (κ2) is 6.57. The fourth-order valence-corrected chi connectivity index (χ4v) is 3.48. The van der Waals surface area contributed by atoms with Crippen LogP contribution in [0.3, 0.4) is 0 Å². The Morgan fingerprint density at radius 1 is 0.600 bits per heavy atom. The van der Waals surface area contributed by atoms with Crippen molar-refractivity contribution < 1.29 is 49.0 Å². The van der Waals surface area contributed by atoms with E-state index in [4.69, 9.17) is 19.6 Å². The van der Waals surface area contributed by atoms with Crippen LogP contribution in [0.25, 0.3) is 0 Å². The molecule has 0 aromatic heterocycles. The van der Waals surface area contributed by atoms with Gasteiger partial charge in [0.1, 0.15) is 36.6 Å². The second-order valence-electron chi connectivity index (χ2n) is 4.08. The van der Waals surface area contributed by atoms with Crippen molar-refractivity contribution in [3.05, 3.63) is 0 Å². The third-order valence-corrected chi connectivity index (χ3v) is 4.12. The van der Waals surface area contributed by atoms with Gasteiger partial charge in [0, 0.05) is 0 Å². The molecule has 10 nitrogen and oxygen atoms in total. The molecular weight excluding hydrogens is 358 g/mol. The van der Waals surface area contributed by atoms with Gasteiger partial charge in [0.25, 0.3) is 0 Å². The van der Waals surface area contributed by atoms with E-state index in [-0.39, 0.29) is 0 Å². The van der Waals surface area contributed by atoms with Crippen LogP contribution in [0.4, 0.5) is 0 Å². The van der Waals surface area contributed by atoms with Gasteiger partial charge < -0.3 is 40.0 Å². The maximum absolute atomic E-state index is 9.69. The zero-order valence-electron chi connectivity index (χ0n) is 9.57. The summed E-state index contributed by atoms with van der Waals surface area (Å²) in [5.41, 5.74) is 0. The van der Waals surface area contributed by atoms with Gasteiger partial charge in [-0.05, 0) is 23.6 Å². The molecule has 0 aromatic rings. The van der Waals surface area contributed by atoms with Crippen molar-refractivity contribution in [3.63, 3.8) is 0 Å². The largest absolute Gasteiger partial charge is 0.387 e. The predicted octanol–water partition coefficient (Wildman–Crippen LogP) is -3.37. The van der Waals surface area contributed by atoms with E-state index in [1.54, 1.807) is 0 Å². The first-order valence-corrected chi connectivity index (χ1v) is 10.3. The van der Waals surface area contributed by atoms with Crippen LogP contribution < -0.4 is 0 Å². The first-order chi connectivity index (χ1) is 8.83. The molecule has 8 N–H and O–H groups in total. The van der Waals surface area contributed by atoms with Gasteiger partial charge >= 0.3 is 13.4 Å². The van der Waals surface area contributed by atoms with Gasteiger partial charge in [-0.25, -0.2) is 0 Å². The highest BCUT2D eigenvalue weighted by Crippen LogP contribution is 2.45. The molecule has 0 aliphatic heterocycles. The smallest absolute Gasteiger partial charge is 0.322 e. The normalized spacial score (nSPS) is 39.8. The molecular formula is C6H14O10P2S2. The number of aliphatic hydroxyl groups excluding tert-OH is 4. The molecule has 0 unspecified atom stereocenters. The lowest BCUT2D eigenvalue weighted by Crippen LogP contribution is -2.64. The van der Waals surface area contributed by atoms with E-state index in [1.807, 2.05) is 0 Å². The van der Waals surface area contributed by atoms with E-state index < -0.39 is 50.1 Å². The molecule has 0 spiro atoms. The summed E-state index contributed by atoms with van der Waals surface area (Å²) in [5.74, 6) is 0. The van der Waals surface area contributed by atoms with E-state index in [0.717, 1.165) is 0 Å². The molecule has 0 radical (unpaired) electrons. The average molecular weight is 372 g/mol. The van der Waals surface area contributed by atoms with Crippen LogP contribution in [0.1, 0.15) is 0 Å². The maximum Gasteiger partial charge on any atom is 0.322 e. The summed E-state index contributed by atoms with van der Waals surface area (Å²) < 4.78 is 8.88. The lowest BCUT2D eigenvalue weighted by Gasteiger charge is -2.43. The van der Waals surface area contributed by atoms with Crippen LogP contribution in [-0.4, -0.2) is 76.6 Å². The number of rotatable bonds is 4. The second-order valence-corrected chi connectivity index (χ2v) is 9.32. The van der Waals surface area contributed by atoms with Gasteiger partial charge in [-0.2, -0.15) is 0 Å². The summed E-state index contributed by atoms with van der Waals surface area (Å²) in [6.45, 7) is -8.57. The lowest BCUT2D eigenvalue weighted by atomic mass is 9.85. The standard InChI is InChI=1S/C6H14O10P2S2/c7-1-2(8)6(16-18(13,14)20)4(10)3(9)5(1)15-17(11,12)19/h1-10H,(H2,11,12,19)(H2,13,14,20)/t1-,2-,3-,4+,5+,6+/m0/s1.